The standard InChI is InChI=1S/C26H22ClN5O2S/c1-2-7-18-8-6-9-20(24(18)34)16-28-29-23(33)17-35-26-31-30-25(19-12-14-21(27)15-13-19)32(26)22-10-4-3-5-11-22/h2-6,8-16H,1,7,17H2,(H2,28,29,33,34)/p+1. The molecule has 7 nitrogen and oxygen atoms in total. The van der Waals surface area contributed by atoms with Crippen molar-refractivity contribution in [3.63, 3.8) is 0 Å². The molecule has 3 N–H and O–H groups in total. The van der Waals surface area contributed by atoms with Crippen LogP contribution in [0.4, 0.5) is 0 Å². The third-order valence-electron chi connectivity index (χ3n) is 5.04. The summed E-state index contributed by atoms with van der Waals surface area (Å²) in [6, 6.07) is 22.6. The predicted molar refractivity (Wildman–Crippen MR) is 139 cm³/mol. The number of carbonyl (C=O) groups excluding carboxylic acids is 1. The maximum Gasteiger partial charge on any atom is 0.342 e. The van der Waals surface area contributed by atoms with Gasteiger partial charge in [0, 0.05) is 10.6 Å². The molecule has 0 unspecified atom stereocenters. The third-order valence-corrected chi connectivity index (χ3v) is 6.24. The number of amides is 1. The number of hydrazone groups is 1. The Bertz CT molecular complexity index is 1350. The summed E-state index contributed by atoms with van der Waals surface area (Å²) in [5, 5.41) is 23.1. The zero-order chi connectivity index (χ0) is 24.6. The number of phenols is 1. The number of aromatic hydroxyl groups is 1. The molecule has 0 aliphatic heterocycles. The van der Waals surface area contributed by atoms with Crippen LogP contribution in [-0.2, 0) is 11.2 Å². The van der Waals surface area contributed by atoms with E-state index < -0.39 is 0 Å². The molecular formula is C26H23ClN5O2S+. The summed E-state index contributed by atoms with van der Waals surface area (Å²) in [6.07, 6.45) is 3.67. The quantitative estimate of drug-likeness (QED) is 0.101. The lowest BCUT2D eigenvalue weighted by molar-refractivity contribution is -0.625. The normalized spacial score (nSPS) is 11.0. The molecular weight excluding hydrogens is 482 g/mol. The van der Waals surface area contributed by atoms with E-state index in [0.29, 0.717) is 22.2 Å². The lowest BCUT2D eigenvalue weighted by Crippen LogP contribution is -2.34. The minimum atomic E-state index is -0.302. The van der Waals surface area contributed by atoms with E-state index in [1.165, 1.54) is 18.0 Å². The van der Waals surface area contributed by atoms with Crippen LogP contribution < -0.4 is 9.99 Å². The van der Waals surface area contributed by atoms with Crippen molar-refractivity contribution in [3.8, 4) is 22.8 Å². The molecule has 4 rings (SSSR count). The zero-order valence-electron chi connectivity index (χ0n) is 18.7. The number of nitrogens with zero attached hydrogens (tertiary/aromatic N) is 3. The number of rotatable bonds is 9. The van der Waals surface area contributed by atoms with Crippen LogP contribution >= 0.6 is 23.4 Å². The predicted octanol–water partition coefficient (Wildman–Crippen LogP) is 4.68. The summed E-state index contributed by atoms with van der Waals surface area (Å²) < 4.78 is 1.95. The molecule has 0 saturated carbocycles. The van der Waals surface area contributed by atoms with E-state index >= 15 is 0 Å². The molecule has 0 fully saturated rings. The fraction of sp³-hybridized carbons (Fsp3) is 0.0769. The van der Waals surface area contributed by atoms with Gasteiger partial charge in [-0.1, -0.05) is 48.0 Å². The number of benzene rings is 3. The van der Waals surface area contributed by atoms with Crippen molar-refractivity contribution in [2.24, 2.45) is 5.10 Å². The van der Waals surface area contributed by atoms with E-state index in [2.05, 4.69) is 27.3 Å². The average Bonchev–Trinajstić information content (AvgIpc) is 3.30. The van der Waals surface area contributed by atoms with Gasteiger partial charge in [0.25, 0.3) is 11.7 Å². The van der Waals surface area contributed by atoms with Crippen molar-refractivity contribution in [1.29, 1.82) is 0 Å². The van der Waals surface area contributed by atoms with Gasteiger partial charge in [-0.25, -0.2) is 5.43 Å². The summed E-state index contributed by atoms with van der Waals surface area (Å²) in [5.41, 5.74) is 5.57. The number of halogens is 1. The first-order chi connectivity index (χ1) is 17.1. The molecule has 0 aliphatic carbocycles. The average molecular weight is 505 g/mol. The number of nitrogens with one attached hydrogen (secondary N) is 2. The van der Waals surface area contributed by atoms with E-state index in [0.717, 1.165) is 22.6 Å². The molecule has 0 atom stereocenters. The molecule has 0 aliphatic rings. The van der Waals surface area contributed by atoms with Crippen molar-refractivity contribution in [1.82, 2.24) is 15.6 Å². The first-order valence-electron chi connectivity index (χ1n) is 10.7. The summed E-state index contributed by atoms with van der Waals surface area (Å²) in [6.45, 7) is 3.69. The number of hydrogen-bond acceptors (Lipinski definition) is 5. The van der Waals surface area contributed by atoms with Crippen LogP contribution in [0.5, 0.6) is 5.75 Å². The highest BCUT2D eigenvalue weighted by Crippen LogP contribution is 2.23. The van der Waals surface area contributed by atoms with Crippen LogP contribution in [0.3, 0.4) is 0 Å². The van der Waals surface area contributed by atoms with Crippen molar-refractivity contribution in [3.05, 3.63) is 102 Å². The van der Waals surface area contributed by atoms with Crippen LogP contribution in [0.1, 0.15) is 11.1 Å². The van der Waals surface area contributed by atoms with Gasteiger partial charge in [-0.05, 0) is 66.2 Å². The molecule has 0 spiro atoms. The Morgan fingerprint density at radius 1 is 1.14 bits per heavy atom. The van der Waals surface area contributed by atoms with Crippen molar-refractivity contribution >= 4 is 35.5 Å². The highest BCUT2D eigenvalue weighted by Gasteiger charge is 2.24. The van der Waals surface area contributed by atoms with E-state index in [1.54, 1.807) is 12.1 Å². The molecule has 0 bridgehead atoms. The fourth-order valence-electron chi connectivity index (χ4n) is 3.38. The van der Waals surface area contributed by atoms with Gasteiger partial charge >= 0.3 is 5.16 Å². The van der Waals surface area contributed by atoms with Crippen molar-refractivity contribution in [2.45, 2.75) is 11.6 Å². The molecule has 35 heavy (non-hydrogen) atoms. The third kappa shape index (κ3) is 5.98. The minimum absolute atomic E-state index is 0.0948. The van der Waals surface area contributed by atoms with Gasteiger partial charge < -0.3 is 5.11 Å². The highest BCUT2D eigenvalue weighted by molar-refractivity contribution is 7.99. The molecule has 1 amide bonds. The summed E-state index contributed by atoms with van der Waals surface area (Å²) in [4.78, 5) is 12.4. The molecule has 1 aromatic heterocycles. The largest absolute Gasteiger partial charge is 0.507 e. The second-order valence-corrected chi connectivity index (χ2v) is 8.84. The fourth-order valence-corrected chi connectivity index (χ4v) is 4.27. The van der Waals surface area contributed by atoms with Crippen LogP contribution in [0.2, 0.25) is 5.02 Å². The monoisotopic (exact) mass is 504 g/mol. The molecule has 3 aromatic carbocycles. The Hall–Kier alpha value is -3.88. The Morgan fingerprint density at radius 3 is 2.66 bits per heavy atom. The van der Waals surface area contributed by atoms with Gasteiger partial charge in [-0.3, -0.25) is 4.79 Å². The second-order valence-electron chi connectivity index (χ2n) is 7.46. The van der Waals surface area contributed by atoms with Crippen molar-refractivity contribution in [2.75, 3.05) is 5.75 Å². The topological polar surface area (TPSA) is 94.2 Å². The molecule has 0 saturated heterocycles. The SMILES string of the molecule is C=CCc1cccc(/C=N/NC(=O)CSc2n[nH]c(-c3ccc(Cl)cc3)[n+]2-c2ccccc2)c1O. The maximum atomic E-state index is 12.4. The van der Waals surface area contributed by atoms with Crippen LogP contribution in [-0.4, -0.2) is 33.2 Å². The first-order valence-corrected chi connectivity index (χ1v) is 12.1. The second kappa shape index (κ2) is 11.5. The highest BCUT2D eigenvalue weighted by atomic mass is 35.5. The maximum absolute atomic E-state index is 12.4. The molecule has 0 radical (unpaired) electrons. The van der Waals surface area contributed by atoms with Crippen LogP contribution in [0, 0.1) is 0 Å². The Balaban J connectivity index is 1.47. The van der Waals surface area contributed by atoms with Gasteiger partial charge in [-0.15, -0.1) is 11.7 Å². The molecule has 4 aromatic rings. The number of phenolic OH excluding ortho intramolecular Hbond substituents is 1. The van der Waals surface area contributed by atoms with E-state index in [4.69, 9.17) is 11.6 Å². The number of H-pyrrole nitrogens is 1. The summed E-state index contributed by atoms with van der Waals surface area (Å²) >= 11 is 7.32. The number of para-hydroxylation sites is 2. The number of carbonyl (C=O) groups is 1. The van der Waals surface area contributed by atoms with Gasteiger partial charge in [0.2, 0.25) is 0 Å². The van der Waals surface area contributed by atoms with Gasteiger partial charge in [-0.2, -0.15) is 9.67 Å². The number of hydrogen-bond donors (Lipinski definition) is 3. The minimum Gasteiger partial charge on any atom is -0.507 e. The van der Waals surface area contributed by atoms with Crippen LogP contribution in [0.15, 0.2) is 95.7 Å². The van der Waals surface area contributed by atoms with Crippen molar-refractivity contribution < 1.29 is 14.5 Å². The van der Waals surface area contributed by atoms with Gasteiger partial charge in [0.05, 0.1) is 22.6 Å². The lowest BCUT2D eigenvalue weighted by atomic mass is 10.1. The zero-order valence-corrected chi connectivity index (χ0v) is 20.3. The summed E-state index contributed by atoms with van der Waals surface area (Å²) in [7, 11) is 0. The van der Waals surface area contributed by atoms with Crippen LogP contribution in [0.25, 0.3) is 17.1 Å². The number of thioether (sulfide) groups is 1. The Morgan fingerprint density at radius 2 is 1.91 bits per heavy atom. The number of aromatic nitrogens is 3. The van der Waals surface area contributed by atoms with E-state index in [9.17, 15) is 9.90 Å². The van der Waals surface area contributed by atoms with Gasteiger partial charge in [0.1, 0.15) is 11.4 Å². The summed E-state index contributed by atoms with van der Waals surface area (Å²) in [5.74, 6) is 0.680. The molecule has 176 valence electrons. The molecule has 9 heteroatoms. The lowest BCUT2D eigenvalue weighted by Gasteiger charge is -2.05. The Kier molecular flexibility index (Phi) is 7.97. The molecule has 1 heterocycles. The smallest absolute Gasteiger partial charge is 0.342 e. The van der Waals surface area contributed by atoms with E-state index in [-0.39, 0.29) is 17.4 Å². The van der Waals surface area contributed by atoms with E-state index in [1.807, 2.05) is 71.3 Å². The van der Waals surface area contributed by atoms with Gasteiger partial charge in [0.15, 0.2) is 0 Å². The Labute approximate surface area is 212 Å². The number of allylic oxidation sites excluding steroid dienone is 1. The first kappa shape index (κ1) is 24.3. The number of aromatic amines is 1.